The van der Waals surface area contributed by atoms with Gasteiger partial charge in [0.25, 0.3) is 0 Å². The highest BCUT2D eigenvalue weighted by Crippen LogP contribution is 2.36. The molecule has 3 atom stereocenters. The first-order valence-electron chi connectivity index (χ1n) is 5.24. The van der Waals surface area contributed by atoms with Gasteiger partial charge in [-0.05, 0) is 32.6 Å². The van der Waals surface area contributed by atoms with Crippen molar-refractivity contribution >= 4 is 17.5 Å². The molecule has 2 bridgehead atoms. The molecular weight excluding hydrogens is 202 g/mol. The highest BCUT2D eigenvalue weighted by Gasteiger charge is 2.43. The SMILES string of the molecule is CC(Cl)C(=O)N1C2CCC1CC(O)C2. The standard InChI is InChI=1S/C10H16ClNO2/c1-6(11)10(14)12-7-2-3-8(12)5-9(13)4-7/h6-9,13H,2-5H2,1H3. The number of piperidine rings is 1. The van der Waals surface area contributed by atoms with Gasteiger partial charge < -0.3 is 10.0 Å². The molecule has 0 aromatic heterocycles. The minimum absolute atomic E-state index is 0.0334. The van der Waals surface area contributed by atoms with Gasteiger partial charge in [0, 0.05) is 12.1 Å². The maximum atomic E-state index is 11.8. The van der Waals surface area contributed by atoms with E-state index in [1.54, 1.807) is 6.92 Å². The summed E-state index contributed by atoms with van der Waals surface area (Å²) in [5.41, 5.74) is 0. The van der Waals surface area contributed by atoms with Crippen LogP contribution in [0, 0.1) is 0 Å². The Morgan fingerprint density at radius 1 is 1.43 bits per heavy atom. The molecule has 2 aliphatic rings. The van der Waals surface area contributed by atoms with Crippen molar-refractivity contribution in [2.45, 2.75) is 56.2 Å². The molecule has 1 amide bonds. The maximum Gasteiger partial charge on any atom is 0.240 e. The van der Waals surface area contributed by atoms with Gasteiger partial charge in [-0.25, -0.2) is 0 Å². The third kappa shape index (κ3) is 1.63. The van der Waals surface area contributed by atoms with Crippen molar-refractivity contribution in [1.82, 2.24) is 4.90 Å². The zero-order chi connectivity index (χ0) is 10.3. The summed E-state index contributed by atoms with van der Waals surface area (Å²) < 4.78 is 0. The minimum Gasteiger partial charge on any atom is -0.393 e. The molecule has 2 heterocycles. The molecule has 0 aromatic rings. The lowest BCUT2D eigenvalue weighted by Crippen LogP contribution is -2.50. The average molecular weight is 218 g/mol. The van der Waals surface area contributed by atoms with Crippen LogP contribution in [0.2, 0.25) is 0 Å². The van der Waals surface area contributed by atoms with Gasteiger partial charge in [-0.2, -0.15) is 0 Å². The molecule has 4 heteroatoms. The molecule has 0 aliphatic carbocycles. The van der Waals surface area contributed by atoms with Crippen molar-refractivity contribution < 1.29 is 9.90 Å². The van der Waals surface area contributed by atoms with E-state index in [0.717, 1.165) is 25.7 Å². The summed E-state index contributed by atoms with van der Waals surface area (Å²) in [6.07, 6.45) is 3.29. The first-order chi connectivity index (χ1) is 6.59. The highest BCUT2D eigenvalue weighted by molar-refractivity contribution is 6.30. The Balaban J connectivity index is 2.11. The summed E-state index contributed by atoms with van der Waals surface area (Å²) >= 11 is 5.80. The maximum absolute atomic E-state index is 11.8. The van der Waals surface area contributed by atoms with Crippen LogP contribution in [0.3, 0.4) is 0 Å². The summed E-state index contributed by atoms with van der Waals surface area (Å²) in [6, 6.07) is 0.467. The van der Waals surface area contributed by atoms with E-state index in [1.807, 2.05) is 4.90 Å². The normalized spacial score (nSPS) is 38.5. The van der Waals surface area contributed by atoms with Crippen LogP contribution in [0.4, 0.5) is 0 Å². The largest absolute Gasteiger partial charge is 0.393 e. The smallest absolute Gasteiger partial charge is 0.240 e. The van der Waals surface area contributed by atoms with Gasteiger partial charge in [0.15, 0.2) is 0 Å². The Morgan fingerprint density at radius 3 is 2.36 bits per heavy atom. The number of nitrogens with zero attached hydrogens (tertiary/aromatic N) is 1. The molecule has 2 aliphatic heterocycles. The number of carbonyl (C=O) groups is 1. The van der Waals surface area contributed by atoms with Gasteiger partial charge in [-0.15, -0.1) is 11.6 Å². The second kappa shape index (κ2) is 3.70. The van der Waals surface area contributed by atoms with E-state index in [9.17, 15) is 9.90 Å². The van der Waals surface area contributed by atoms with Crippen LogP contribution in [0.15, 0.2) is 0 Å². The van der Waals surface area contributed by atoms with Crippen molar-refractivity contribution in [3.05, 3.63) is 0 Å². The minimum atomic E-state index is -0.437. The molecule has 2 rings (SSSR count). The monoisotopic (exact) mass is 217 g/mol. The van der Waals surface area contributed by atoms with Crippen molar-refractivity contribution in [2.75, 3.05) is 0 Å². The van der Waals surface area contributed by atoms with Crippen LogP contribution >= 0.6 is 11.6 Å². The number of rotatable bonds is 1. The summed E-state index contributed by atoms with van der Waals surface area (Å²) in [7, 11) is 0. The van der Waals surface area contributed by atoms with Crippen LogP contribution in [-0.4, -0.2) is 39.5 Å². The summed E-state index contributed by atoms with van der Waals surface area (Å²) in [4.78, 5) is 13.7. The molecule has 0 aromatic carbocycles. The molecule has 2 fully saturated rings. The van der Waals surface area contributed by atoms with Gasteiger partial charge in [-0.1, -0.05) is 0 Å². The van der Waals surface area contributed by atoms with E-state index in [1.165, 1.54) is 0 Å². The Labute approximate surface area is 89.0 Å². The van der Waals surface area contributed by atoms with Crippen LogP contribution < -0.4 is 0 Å². The predicted molar refractivity (Wildman–Crippen MR) is 54.2 cm³/mol. The van der Waals surface area contributed by atoms with E-state index < -0.39 is 5.38 Å². The molecule has 80 valence electrons. The zero-order valence-corrected chi connectivity index (χ0v) is 9.07. The number of hydrogen-bond donors (Lipinski definition) is 1. The van der Waals surface area contributed by atoms with Crippen LogP contribution in [-0.2, 0) is 4.79 Å². The van der Waals surface area contributed by atoms with Gasteiger partial charge >= 0.3 is 0 Å². The number of carbonyl (C=O) groups excluding carboxylic acids is 1. The van der Waals surface area contributed by atoms with Crippen LogP contribution in [0.1, 0.15) is 32.6 Å². The molecular formula is C10H16ClNO2. The number of hydrogen-bond acceptors (Lipinski definition) is 2. The van der Waals surface area contributed by atoms with E-state index in [0.29, 0.717) is 0 Å². The van der Waals surface area contributed by atoms with Gasteiger partial charge in [-0.3, -0.25) is 4.79 Å². The molecule has 0 spiro atoms. The van der Waals surface area contributed by atoms with Crippen LogP contribution in [0.5, 0.6) is 0 Å². The molecule has 3 nitrogen and oxygen atoms in total. The second-order valence-electron chi connectivity index (χ2n) is 4.37. The van der Waals surface area contributed by atoms with E-state index in [-0.39, 0.29) is 24.1 Å². The summed E-state index contributed by atoms with van der Waals surface area (Å²) in [5.74, 6) is 0.0334. The van der Waals surface area contributed by atoms with Crippen molar-refractivity contribution in [1.29, 1.82) is 0 Å². The van der Waals surface area contributed by atoms with Crippen molar-refractivity contribution in [3.63, 3.8) is 0 Å². The summed E-state index contributed by atoms with van der Waals surface area (Å²) in [6.45, 7) is 1.72. The first kappa shape index (κ1) is 10.2. The number of aliphatic hydroxyl groups excluding tert-OH is 1. The van der Waals surface area contributed by atoms with Crippen molar-refractivity contribution in [2.24, 2.45) is 0 Å². The second-order valence-corrected chi connectivity index (χ2v) is 5.03. The average Bonchev–Trinajstić information content (AvgIpc) is 2.37. The fourth-order valence-electron chi connectivity index (χ4n) is 2.71. The Kier molecular flexibility index (Phi) is 2.71. The van der Waals surface area contributed by atoms with Gasteiger partial charge in [0.1, 0.15) is 5.38 Å². The summed E-state index contributed by atoms with van der Waals surface area (Å²) in [5, 5.41) is 9.12. The molecule has 0 saturated carbocycles. The fraction of sp³-hybridized carbons (Fsp3) is 0.900. The third-order valence-corrected chi connectivity index (χ3v) is 3.49. The lowest BCUT2D eigenvalue weighted by molar-refractivity contribution is -0.136. The Hall–Kier alpha value is -0.280. The number of fused-ring (bicyclic) bond motifs is 2. The lowest BCUT2D eigenvalue weighted by Gasteiger charge is -2.37. The molecule has 2 saturated heterocycles. The highest BCUT2D eigenvalue weighted by atomic mass is 35.5. The number of alkyl halides is 1. The molecule has 3 unspecified atom stereocenters. The molecule has 0 radical (unpaired) electrons. The Bertz CT molecular complexity index is 230. The van der Waals surface area contributed by atoms with Gasteiger partial charge in [0.05, 0.1) is 6.10 Å². The predicted octanol–water partition coefficient (Wildman–Crippen LogP) is 1.13. The van der Waals surface area contributed by atoms with Gasteiger partial charge in [0.2, 0.25) is 5.91 Å². The van der Waals surface area contributed by atoms with Crippen molar-refractivity contribution in [3.8, 4) is 0 Å². The quantitative estimate of drug-likeness (QED) is 0.669. The lowest BCUT2D eigenvalue weighted by atomic mass is 9.99. The topological polar surface area (TPSA) is 40.5 Å². The van der Waals surface area contributed by atoms with E-state index in [2.05, 4.69) is 0 Å². The molecule has 1 N–H and O–H groups in total. The zero-order valence-electron chi connectivity index (χ0n) is 8.32. The fourth-order valence-corrected chi connectivity index (χ4v) is 2.83. The molecule has 14 heavy (non-hydrogen) atoms. The van der Waals surface area contributed by atoms with E-state index >= 15 is 0 Å². The number of amides is 1. The third-order valence-electron chi connectivity index (χ3n) is 3.30. The van der Waals surface area contributed by atoms with Crippen LogP contribution in [0.25, 0.3) is 0 Å². The number of halogens is 1. The van der Waals surface area contributed by atoms with E-state index in [4.69, 9.17) is 11.6 Å². The first-order valence-corrected chi connectivity index (χ1v) is 5.67. The number of aliphatic hydroxyl groups is 1. The Morgan fingerprint density at radius 2 is 1.93 bits per heavy atom.